The van der Waals surface area contributed by atoms with Crippen molar-refractivity contribution in [2.24, 2.45) is 4.99 Å². The van der Waals surface area contributed by atoms with Crippen molar-refractivity contribution >= 4 is 47.2 Å². The molecule has 0 amide bonds. The molecule has 2 atom stereocenters. The van der Waals surface area contributed by atoms with E-state index in [0.29, 0.717) is 12.6 Å². The van der Waals surface area contributed by atoms with Crippen molar-refractivity contribution in [1.82, 2.24) is 15.8 Å². The molecule has 0 aliphatic carbocycles. The van der Waals surface area contributed by atoms with E-state index in [2.05, 4.69) is 40.6 Å². The molecule has 0 spiro atoms. The van der Waals surface area contributed by atoms with Crippen molar-refractivity contribution in [3.8, 4) is 0 Å². The zero-order valence-electron chi connectivity index (χ0n) is 17.5. The Balaban J connectivity index is 0.00000300. The second kappa shape index (κ2) is 11.1. The van der Waals surface area contributed by atoms with Gasteiger partial charge in [-0.1, -0.05) is 29.7 Å². The molecule has 1 saturated heterocycles. The highest BCUT2D eigenvalue weighted by Crippen LogP contribution is 2.24. The van der Waals surface area contributed by atoms with E-state index >= 15 is 0 Å². The molecule has 6 nitrogen and oxygen atoms in total. The third-order valence-electron chi connectivity index (χ3n) is 5.15. The van der Waals surface area contributed by atoms with Crippen molar-refractivity contribution in [1.29, 1.82) is 0 Å². The summed E-state index contributed by atoms with van der Waals surface area (Å²) in [5.41, 5.74) is 3.28. The van der Waals surface area contributed by atoms with E-state index in [9.17, 15) is 0 Å². The molecule has 1 fully saturated rings. The summed E-state index contributed by atoms with van der Waals surface area (Å²) >= 11 is 6.14. The maximum atomic E-state index is 6.14. The Labute approximate surface area is 195 Å². The minimum atomic E-state index is 0. The van der Waals surface area contributed by atoms with Gasteiger partial charge in [0.05, 0.1) is 5.69 Å². The molecule has 0 bridgehead atoms. The van der Waals surface area contributed by atoms with Gasteiger partial charge in [-0.25, -0.2) is 0 Å². The smallest absolute Gasteiger partial charge is 0.191 e. The average molecular weight is 532 g/mol. The first-order valence-corrected chi connectivity index (χ1v) is 10.3. The minimum Gasteiger partial charge on any atom is -0.369 e. The van der Waals surface area contributed by atoms with Crippen molar-refractivity contribution in [2.45, 2.75) is 46.1 Å². The molecule has 2 N–H and O–H groups in total. The number of hydrogen-bond donors (Lipinski definition) is 2. The van der Waals surface area contributed by atoms with Gasteiger partial charge in [-0.15, -0.1) is 24.0 Å². The summed E-state index contributed by atoms with van der Waals surface area (Å²) < 4.78 is 5.30. The second-order valence-electron chi connectivity index (χ2n) is 7.41. The van der Waals surface area contributed by atoms with Crippen molar-refractivity contribution < 1.29 is 4.52 Å². The van der Waals surface area contributed by atoms with E-state index in [1.807, 2.05) is 32.0 Å². The first-order chi connectivity index (χ1) is 13.5. The van der Waals surface area contributed by atoms with Crippen LogP contribution in [0, 0.1) is 13.8 Å². The lowest BCUT2D eigenvalue weighted by atomic mass is 10.00. The molecule has 0 radical (unpaired) electrons. The van der Waals surface area contributed by atoms with Crippen molar-refractivity contribution in [3.05, 3.63) is 46.3 Å². The molecule has 2 aromatic rings. The van der Waals surface area contributed by atoms with Crippen LogP contribution in [0.25, 0.3) is 0 Å². The molecule has 29 heavy (non-hydrogen) atoms. The first-order valence-electron chi connectivity index (χ1n) is 9.96. The molecule has 160 valence electrons. The molecule has 1 aliphatic rings. The van der Waals surface area contributed by atoms with Gasteiger partial charge in [0, 0.05) is 54.4 Å². The largest absolute Gasteiger partial charge is 0.369 e. The van der Waals surface area contributed by atoms with Crippen LogP contribution in [0.4, 0.5) is 5.69 Å². The predicted molar refractivity (Wildman–Crippen MR) is 131 cm³/mol. The lowest BCUT2D eigenvalue weighted by Gasteiger charge is -2.21. The van der Waals surface area contributed by atoms with E-state index < -0.39 is 0 Å². The van der Waals surface area contributed by atoms with Crippen LogP contribution in [-0.4, -0.2) is 43.3 Å². The van der Waals surface area contributed by atoms with Gasteiger partial charge < -0.3 is 20.1 Å². The lowest BCUT2D eigenvalue weighted by Crippen LogP contribution is -2.44. The number of aryl methyl sites for hydroxylation is 2. The first kappa shape index (κ1) is 23.8. The summed E-state index contributed by atoms with van der Waals surface area (Å²) in [7, 11) is 0. The van der Waals surface area contributed by atoms with Crippen LogP contribution in [0.3, 0.4) is 0 Å². The quantitative estimate of drug-likeness (QED) is 0.326. The molecule has 3 rings (SSSR count). The molecule has 1 aromatic carbocycles. The predicted octanol–water partition coefficient (Wildman–Crippen LogP) is 4.50. The number of hydrogen-bond acceptors (Lipinski definition) is 4. The van der Waals surface area contributed by atoms with Crippen molar-refractivity contribution in [2.75, 3.05) is 31.1 Å². The summed E-state index contributed by atoms with van der Waals surface area (Å²) in [6, 6.07) is 8.39. The Hall–Kier alpha value is -1.48. The van der Waals surface area contributed by atoms with Crippen LogP contribution in [0.1, 0.15) is 43.2 Å². The normalized spacial score (nSPS) is 17.8. The number of aromatic nitrogens is 1. The van der Waals surface area contributed by atoms with Crippen LogP contribution in [0.2, 0.25) is 5.02 Å². The third kappa shape index (κ3) is 6.25. The zero-order valence-corrected chi connectivity index (χ0v) is 20.6. The summed E-state index contributed by atoms with van der Waals surface area (Å²) in [4.78, 5) is 7.17. The van der Waals surface area contributed by atoms with Gasteiger partial charge in [0.1, 0.15) is 5.76 Å². The topological polar surface area (TPSA) is 65.7 Å². The van der Waals surface area contributed by atoms with E-state index in [1.54, 1.807) is 0 Å². The van der Waals surface area contributed by atoms with Crippen LogP contribution in [-0.2, 0) is 0 Å². The van der Waals surface area contributed by atoms with Gasteiger partial charge in [-0.2, -0.15) is 0 Å². The fraction of sp³-hybridized carbons (Fsp3) is 0.524. The van der Waals surface area contributed by atoms with Crippen molar-refractivity contribution in [3.63, 3.8) is 0 Å². The Morgan fingerprint density at radius 1 is 1.41 bits per heavy atom. The van der Waals surface area contributed by atoms with E-state index in [4.69, 9.17) is 21.1 Å². The maximum absolute atomic E-state index is 6.14. The van der Waals surface area contributed by atoms with Crippen LogP contribution in [0.5, 0.6) is 0 Å². The van der Waals surface area contributed by atoms with Gasteiger partial charge in [0.25, 0.3) is 0 Å². The van der Waals surface area contributed by atoms with Gasteiger partial charge in [-0.3, -0.25) is 4.99 Å². The molecule has 1 aliphatic heterocycles. The number of aliphatic imine (C=N–C) groups is 1. The van der Waals surface area contributed by atoms with Gasteiger partial charge in [0.15, 0.2) is 5.96 Å². The molecule has 1 aromatic heterocycles. The standard InChI is InChI=1S/C21H30ClN5O.HI/c1-5-23-21(24-12-14(2)20-15(3)26-28-16(20)4)25-18-9-10-27(13-18)19-8-6-7-17(22)11-19;/h6-8,11,14,18H,5,9-10,12-13H2,1-4H3,(H2,23,24,25);1H. The Morgan fingerprint density at radius 2 is 2.21 bits per heavy atom. The van der Waals surface area contributed by atoms with Gasteiger partial charge in [-0.05, 0) is 45.4 Å². The second-order valence-corrected chi connectivity index (χ2v) is 7.85. The number of halogens is 2. The minimum absolute atomic E-state index is 0. The SMILES string of the molecule is CCNC(=NCC(C)c1c(C)noc1C)NC1CCN(c2cccc(Cl)c2)C1.I. The molecule has 2 heterocycles. The van der Waals surface area contributed by atoms with E-state index in [0.717, 1.165) is 54.1 Å². The number of anilines is 1. The highest BCUT2D eigenvalue weighted by molar-refractivity contribution is 14.0. The molecular weight excluding hydrogens is 501 g/mol. The highest BCUT2D eigenvalue weighted by atomic mass is 127. The van der Waals surface area contributed by atoms with E-state index in [-0.39, 0.29) is 29.9 Å². The molecule has 2 unspecified atom stereocenters. The summed E-state index contributed by atoms with van der Waals surface area (Å²) in [5, 5.41) is 11.8. The zero-order chi connectivity index (χ0) is 20.1. The summed E-state index contributed by atoms with van der Waals surface area (Å²) in [5.74, 6) is 2.00. The third-order valence-corrected chi connectivity index (χ3v) is 5.39. The number of nitrogens with one attached hydrogen (secondary N) is 2. The highest BCUT2D eigenvalue weighted by Gasteiger charge is 2.24. The number of rotatable bonds is 6. The van der Waals surface area contributed by atoms with Crippen LogP contribution >= 0.6 is 35.6 Å². The van der Waals surface area contributed by atoms with Gasteiger partial charge >= 0.3 is 0 Å². The fourth-order valence-electron chi connectivity index (χ4n) is 3.81. The van der Waals surface area contributed by atoms with Crippen LogP contribution in [0.15, 0.2) is 33.8 Å². The van der Waals surface area contributed by atoms with Crippen LogP contribution < -0.4 is 15.5 Å². The van der Waals surface area contributed by atoms with Gasteiger partial charge in [0.2, 0.25) is 0 Å². The number of benzene rings is 1. The summed E-state index contributed by atoms with van der Waals surface area (Å²) in [6.45, 7) is 11.6. The number of nitrogens with zero attached hydrogens (tertiary/aromatic N) is 3. The lowest BCUT2D eigenvalue weighted by molar-refractivity contribution is 0.391. The fourth-order valence-corrected chi connectivity index (χ4v) is 4.00. The number of guanidine groups is 1. The summed E-state index contributed by atoms with van der Waals surface area (Å²) in [6.07, 6.45) is 1.07. The molecular formula is C21H31ClIN5O. The molecule has 8 heteroatoms. The monoisotopic (exact) mass is 531 g/mol. The molecule has 0 saturated carbocycles. The Kier molecular flexibility index (Phi) is 9.07. The maximum Gasteiger partial charge on any atom is 0.191 e. The van der Waals surface area contributed by atoms with E-state index in [1.165, 1.54) is 5.69 Å². The Morgan fingerprint density at radius 3 is 2.86 bits per heavy atom. The Bertz CT molecular complexity index is 806. The average Bonchev–Trinajstić information content (AvgIpc) is 3.26.